The fourth-order valence-electron chi connectivity index (χ4n) is 3.11. The summed E-state index contributed by atoms with van der Waals surface area (Å²) >= 11 is 0. The van der Waals surface area contributed by atoms with E-state index in [9.17, 15) is 22.4 Å². The summed E-state index contributed by atoms with van der Waals surface area (Å²) in [5, 5.41) is 6.02. The van der Waals surface area contributed by atoms with Crippen molar-refractivity contribution in [2.75, 3.05) is 30.4 Å². The Labute approximate surface area is 159 Å². The van der Waals surface area contributed by atoms with Crippen LogP contribution in [0.3, 0.4) is 0 Å². The van der Waals surface area contributed by atoms with Gasteiger partial charge in [0.2, 0.25) is 11.8 Å². The molecule has 150 valence electrons. The lowest BCUT2D eigenvalue weighted by Gasteiger charge is -2.42. The van der Waals surface area contributed by atoms with Gasteiger partial charge in [-0.05, 0) is 44.9 Å². The second-order valence-electron chi connectivity index (χ2n) is 7.30. The zero-order chi connectivity index (χ0) is 20.2. The number of anilines is 1. The third-order valence-corrected chi connectivity index (χ3v) is 5.19. The topological polar surface area (TPSA) is 95.6 Å². The van der Waals surface area contributed by atoms with Crippen molar-refractivity contribution in [2.24, 2.45) is 0 Å². The van der Waals surface area contributed by atoms with Crippen LogP contribution >= 0.6 is 0 Å². The highest BCUT2D eigenvalue weighted by Gasteiger charge is 2.42. The molecule has 1 fully saturated rings. The Morgan fingerprint density at radius 3 is 2.41 bits per heavy atom. The van der Waals surface area contributed by atoms with E-state index in [1.54, 1.807) is 12.1 Å². The predicted octanol–water partition coefficient (Wildman–Crippen LogP) is 1.17. The Morgan fingerprint density at radius 1 is 1.26 bits per heavy atom. The number of carbonyl (C=O) groups excluding carboxylic acids is 2. The Balaban J connectivity index is 2.18. The first-order chi connectivity index (χ1) is 12.5. The van der Waals surface area contributed by atoms with Gasteiger partial charge in [-0.3, -0.25) is 9.59 Å². The van der Waals surface area contributed by atoms with Gasteiger partial charge < -0.3 is 15.5 Å². The fraction of sp³-hybridized carbons (Fsp3) is 0.556. The van der Waals surface area contributed by atoms with E-state index < -0.39 is 32.9 Å². The molecule has 0 unspecified atom stereocenters. The molecule has 1 aliphatic heterocycles. The molecular formula is C18H26FN3O4S. The van der Waals surface area contributed by atoms with Crippen molar-refractivity contribution in [2.45, 2.75) is 38.3 Å². The smallest absolute Gasteiger partial charge is 0.246 e. The molecule has 9 heteroatoms. The molecule has 7 nitrogen and oxygen atoms in total. The Kier molecular flexibility index (Phi) is 6.46. The molecule has 2 amide bonds. The number of nitrogens with zero attached hydrogens (tertiary/aromatic N) is 1. The fourth-order valence-corrected chi connectivity index (χ4v) is 3.74. The first kappa shape index (κ1) is 21.1. The van der Waals surface area contributed by atoms with Gasteiger partial charge in [0.15, 0.2) is 9.84 Å². The van der Waals surface area contributed by atoms with E-state index in [1.807, 2.05) is 13.8 Å². The number of hydrogen-bond donors (Lipinski definition) is 2. The summed E-state index contributed by atoms with van der Waals surface area (Å²) in [4.78, 5) is 26.5. The number of amides is 2. The highest BCUT2D eigenvalue weighted by atomic mass is 32.2. The number of hydrogen-bond acceptors (Lipinski definition) is 5. The third kappa shape index (κ3) is 5.92. The van der Waals surface area contributed by atoms with Crippen molar-refractivity contribution < 1.29 is 22.4 Å². The predicted molar refractivity (Wildman–Crippen MR) is 102 cm³/mol. The Morgan fingerprint density at radius 2 is 1.89 bits per heavy atom. The van der Waals surface area contributed by atoms with Crippen LogP contribution in [0.1, 0.15) is 26.7 Å². The molecule has 1 saturated heterocycles. The maximum Gasteiger partial charge on any atom is 0.246 e. The van der Waals surface area contributed by atoms with Crippen LogP contribution < -0.4 is 10.6 Å². The van der Waals surface area contributed by atoms with Crippen molar-refractivity contribution >= 4 is 27.3 Å². The number of nitrogens with one attached hydrogen (secondary N) is 2. The largest absolute Gasteiger partial charge is 0.371 e. The van der Waals surface area contributed by atoms with Gasteiger partial charge in [-0.2, -0.15) is 0 Å². The first-order valence-corrected chi connectivity index (χ1v) is 10.9. The highest BCUT2D eigenvalue weighted by molar-refractivity contribution is 7.91. The molecule has 0 saturated carbocycles. The van der Waals surface area contributed by atoms with Gasteiger partial charge in [0.25, 0.3) is 0 Å². The van der Waals surface area contributed by atoms with Crippen molar-refractivity contribution in [1.29, 1.82) is 0 Å². The van der Waals surface area contributed by atoms with Crippen LogP contribution in [0.5, 0.6) is 0 Å². The van der Waals surface area contributed by atoms with Gasteiger partial charge >= 0.3 is 0 Å². The Bertz CT molecular complexity index is 803. The molecule has 1 heterocycles. The SMILES string of the molecule is CC(C)NC(=O)C1(Nc2cccc(F)c2)CCN(C(=O)CS(C)(=O)=O)CC1. The lowest BCUT2D eigenvalue weighted by molar-refractivity contribution is -0.134. The average Bonchev–Trinajstić information content (AvgIpc) is 2.53. The van der Waals surface area contributed by atoms with E-state index in [2.05, 4.69) is 10.6 Å². The van der Waals surface area contributed by atoms with E-state index in [4.69, 9.17) is 0 Å². The van der Waals surface area contributed by atoms with Crippen LogP contribution in [0.2, 0.25) is 0 Å². The Hall–Kier alpha value is -2.16. The van der Waals surface area contributed by atoms with Gasteiger partial charge in [-0.25, -0.2) is 12.8 Å². The van der Waals surface area contributed by atoms with E-state index >= 15 is 0 Å². The second kappa shape index (κ2) is 8.24. The van der Waals surface area contributed by atoms with Gasteiger partial charge in [-0.15, -0.1) is 0 Å². The third-order valence-electron chi connectivity index (χ3n) is 4.42. The van der Waals surface area contributed by atoms with Crippen molar-refractivity contribution in [3.05, 3.63) is 30.1 Å². The molecule has 0 bridgehead atoms. The molecule has 0 radical (unpaired) electrons. The standard InChI is InChI=1S/C18H26FN3O4S/c1-13(2)20-17(24)18(21-15-6-4-5-14(19)11-15)7-9-22(10-8-18)16(23)12-27(3,25)26/h4-6,11,13,21H,7-10,12H2,1-3H3,(H,20,24). The van der Waals surface area contributed by atoms with Crippen molar-refractivity contribution in [3.8, 4) is 0 Å². The molecule has 1 aromatic carbocycles. The molecule has 0 aromatic heterocycles. The maximum absolute atomic E-state index is 13.5. The molecule has 0 aliphatic carbocycles. The van der Waals surface area contributed by atoms with Crippen LogP contribution in [0.4, 0.5) is 10.1 Å². The van der Waals surface area contributed by atoms with Crippen molar-refractivity contribution in [1.82, 2.24) is 10.2 Å². The number of carbonyl (C=O) groups is 2. The number of benzene rings is 1. The monoisotopic (exact) mass is 399 g/mol. The number of halogens is 1. The van der Waals surface area contributed by atoms with Gasteiger partial charge in [0, 0.05) is 31.1 Å². The first-order valence-electron chi connectivity index (χ1n) is 8.81. The molecule has 0 atom stereocenters. The summed E-state index contributed by atoms with van der Waals surface area (Å²) in [5.41, 5.74) is -0.523. The molecular weight excluding hydrogens is 373 g/mol. The summed E-state index contributed by atoms with van der Waals surface area (Å²) in [6, 6.07) is 5.78. The van der Waals surface area contributed by atoms with Crippen LogP contribution in [0, 0.1) is 5.82 Å². The second-order valence-corrected chi connectivity index (χ2v) is 9.44. The molecule has 27 heavy (non-hydrogen) atoms. The van der Waals surface area contributed by atoms with Crippen LogP contribution in [0.15, 0.2) is 24.3 Å². The quantitative estimate of drug-likeness (QED) is 0.749. The molecule has 2 N–H and O–H groups in total. The normalized spacial score (nSPS) is 16.9. The number of likely N-dealkylation sites (tertiary alicyclic amines) is 1. The molecule has 1 aliphatic rings. The van der Waals surface area contributed by atoms with Gasteiger partial charge in [0.05, 0.1) is 0 Å². The van der Waals surface area contributed by atoms with E-state index in [1.165, 1.54) is 17.0 Å². The minimum atomic E-state index is -3.41. The number of sulfone groups is 1. The zero-order valence-electron chi connectivity index (χ0n) is 15.8. The minimum Gasteiger partial charge on any atom is -0.371 e. The van der Waals surface area contributed by atoms with Gasteiger partial charge in [0.1, 0.15) is 17.1 Å². The van der Waals surface area contributed by atoms with Gasteiger partial charge in [-0.1, -0.05) is 6.07 Å². The number of rotatable bonds is 6. The lowest BCUT2D eigenvalue weighted by atomic mass is 9.85. The molecule has 2 rings (SSSR count). The summed E-state index contributed by atoms with van der Waals surface area (Å²) in [6.07, 6.45) is 1.59. The van der Waals surface area contributed by atoms with Crippen LogP contribution in [-0.4, -0.2) is 61.8 Å². The summed E-state index contributed by atoms with van der Waals surface area (Å²) in [5.74, 6) is -1.66. The number of piperidine rings is 1. The highest BCUT2D eigenvalue weighted by Crippen LogP contribution is 2.28. The summed E-state index contributed by atoms with van der Waals surface area (Å²) in [7, 11) is -3.41. The summed E-state index contributed by atoms with van der Waals surface area (Å²) in [6.45, 7) is 4.17. The maximum atomic E-state index is 13.5. The van der Waals surface area contributed by atoms with Crippen molar-refractivity contribution in [3.63, 3.8) is 0 Å². The molecule has 0 spiro atoms. The minimum absolute atomic E-state index is 0.0754. The van der Waals surface area contributed by atoms with E-state index in [0.29, 0.717) is 5.69 Å². The van der Waals surface area contributed by atoms with E-state index in [-0.39, 0.29) is 37.9 Å². The zero-order valence-corrected chi connectivity index (χ0v) is 16.6. The summed E-state index contributed by atoms with van der Waals surface area (Å²) < 4.78 is 36.2. The van der Waals surface area contributed by atoms with Crippen LogP contribution in [0.25, 0.3) is 0 Å². The van der Waals surface area contributed by atoms with Crippen LogP contribution in [-0.2, 0) is 19.4 Å². The average molecular weight is 399 g/mol. The lowest BCUT2D eigenvalue weighted by Crippen LogP contribution is -2.60. The van der Waals surface area contributed by atoms with E-state index in [0.717, 1.165) is 6.26 Å². The molecule has 1 aromatic rings.